The number of nitrogens with zero attached hydrogens (tertiary/aromatic N) is 3. The lowest BCUT2D eigenvalue weighted by molar-refractivity contribution is 0.102. The molecular weight excluding hydrogens is 464 g/mol. The lowest BCUT2D eigenvalue weighted by Gasteiger charge is -2.11. The molecule has 1 amide bonds. The maximum absolute atomic E-state index is 12.6. The minimum atomic E-state index is -0.176. The Morgan fingerprint density at radius 2 is 1.51 bits per heavy atom. The molecule has 3 N–H and O–H groups in total. The van der Waals surface area contributed by atoms with E-state index in [2.05, 4.69) is 37.8 Å². The number of ether oxygens (including phenoxy) is 1. The van der Waals surface area contributed by atoms with Crippen molar-refractivity contribution in [1.29, 1.82) is 0 Å². The zero-order valence-corrected chi connectivity index (χ0v) is 21.4. The van der Waals surface area contributed by atoms with Crippen LogP contribution in [0, 0.1) is 13.8 Å². The van der Waals surface area contributed by atoms with Crippen LogP contribution in [0.15, 0.2) is 72.9 Å². The van der Waals surface area contributed by atoms with E-state index in [0.29, 0.717) is 35.3 Å². The van der Waals surface area contributed by atoms with Crippen molar-refractivity contribution in [2.75, 3.05) is 22.6 Å². The number of anilines is 5. The van der Waals surface area contributed by atoms with Crippen molar-refractivity contribution in [3.8, 4) is 5.75 Å². The molecule has 0 bridgehead atoms. The quantitative estimate of drug-likeness (QED) is 0.196. The van der Waals surface area contributed by atoms with Gasteiger partial charge in [-0.15, -0.1) is 0 Å². The summed E-state index contributed by atoms with van der Waals surface area (Å²) < 4.78 is 5.72. The van der Waals surface area contributed by atoms with Crippen molar-refractivity contribution in [2.24, 2.45) is 0 Å². The Kier molecular flexibility index (Phi) is 8.65. The summed E-state index contributed by atoms with van der Waals surface area (Å²) in [4.78, 5) is 25.9. The van der Waals surface area contributed by atoms with E-state index in [1.54, 1.807) is 18.3 Å². The molecule has 4 aromatic rings. The number of hydrogen-bond donors (Lipinski definition) is 3. The first-order chi connectivity index (χ1) is 18.0. The van der Waals surface area contributed by atoms with Gasteiger partial charge in [0, 0.05) is 29.2 Å². The number of pyridine rings is 1. The van der Waals surface area contributed by atoms with Crippen LogP contribution in [-0.2, 0) is 0 Å². The van der Waals surface area contributed by atoms with Gasteiger partial charge in [-0.3, -0.25) is 4.79 Å². The fraction of sp³-hybridized carbons (Fsp3) is 0.241. The maximum Gasteiger partial charge on any atom is 0.255 e. The van der Waals surface area contributed by atoms with Crippen LogP contribution in [0.25, 0.3) is 0 Å². The number of unbranched alkanes of at least 4 members (excludes halogenated alkanes) is 2. The second-order valence-corrected chi connectivity index (χ2v) is 8.77. The molecule has 0 aliphatic rings. The molecular formula is C29H32N6O2. The SMILES string of the molecule is CCCCCOc1ccc(C(=O)Nc2ccc(Nc3cc(Nc4cc(C)ccn4)nc(C)n3)cc2)cc1. The summed E-state index contributed by atoms with van der Waals surface area (Å²) in [6.07, 6.45) is 5.09. The molecule has 2 heterocycles. The summed E-state index contributed by atoms with van der Waals surface area (Å²) in [5.41, 5.74) is 3.21. The number of carbonyl (C=O) groups excluding carboxylic acids is 1. The van der Waals surface area contributed by atoms with Gasteiger partial charge in [-0.1, -0.05) is 19.8 Å². The first-order valence-electron chi connectivity index (χ1n) is 12.4. The Morgan fingerprint density at radius 3 is 2.22 bits per heavy atom. The standard InChI is InChI=1S/C29H32N6O2/c1-4-5-6-17-37-25-13-7-22(8-14-25)29(36)34-24-11-9-23(10-12-24)33-27-19-28(32-21(3)31-27)35-26-18-20(2)15-16-30-26/h7-16,18-19H,4-6,17H2,1-3H3,(H,34,36)(H2,30,31,32,33,35). The third-order valence-corrected chi connectivity index (χ3v) is 5.56. The molecule has 0 aliphatic heterocycles. The minimum Gasteiger partial charge on any atom is -0.494 e. The van der Waals surface area contributed by atoms with Crippen molar-refractivity contribution in [3.63, 3.8) is 0 Å². The molecule has 190 valence electrons. The molecule has 0 unspecified atom stereocenters. The molecule has 0 spiro atoms. The Bertz CT molecular complexity index is 1320. The summed E-state index contributed by atoms with van der Waals surface area (Å²) in [5, 5.41) is 9.43. The van der Waals surface area contributed by atoms with Crippen molar-refractivity contribution in [2.45, 2.75) is 40.0 Å². The Morgan fingerprint density at radius 1 is 0.811 bits per heavy atom. The Hall–Kier alpha value is -4.46. The van der Waals surface area contributed by atoms with Crippen LogP contribution in [0.2, 0.25) is 0 Å². The Labute approximate surface area is 217 Å². The third-order valence-electron chi connectivity index (χ3n) is 5.56. The summed E-state index contributed by atoms with van der Waals surface area (Å²) in [6.45, 7) is 6.70. The van der Waals surface area contributed by atoms with Crippen molar-refractivity contribution in [3.05, 3.63) is 89.9 Å². The monoisotopic (exact) mass is 496 g/mol. The predicted molar refractivity (Wildman–Crippen MR) is 148 cm³/mol. The highest BCUT2D eigenvalue weighted by molar-refractivity contribution is 6.04. The van der Waals surface area contributed by atoms with Gasteiger partial charge >= 0.3 is 0 Å². The lowest BCUT2D eigenvalue weighted by atomic mass is 10.2. The summed E-state index contributed by atoms with van der Waals surface area (Å²) in [5.74, 6) is 3.24. The number of rotatable bonds is 11. The number of benzene rings is 2. The third kappa shape index (κ3) is 7.76. The van der Waals surface area contributed by atoms with E-state index in [-0.39, 0.29) is 5.91 Å². The molecule has 0 saturated carbocycles. The van der Waals surface area contributed by atoms with Gasteiger partial charge < -0.3 is 20.7 Å². The summed E-state index contributed by atoms with van der Waals surface area (Å²) in [6, 6.07) is 20.4. The molecule has 2 aromatic carbocycles. The number of hydrogen-bond acceptors (Lipinski definition) is 7. The predicted octanol–water partition coefficient (Wildman–Crippen LogP) is 6.80. The molecule has 0 radical (unpaired) electrons. The number of aryl methyl sites for hydroxylation is 2. The highest BCUT2D eigenvalue weighted by atomic mass is 16.5. The minimum absolute atomic E-state index is 0.176. The Balaban J connectivity index is 1.34. The van der Waals surface area contributed by atoms with Crippen LogP contribution in [-0.4, -0.2) is 27.5 Å². The van der Waals surface area contributed by atoms with Crippen molar-refractivity contribution in [1.82, 2.24) is 15.0 Å². The fourth-order valence-electron chi connectivity index (χ4n) is 3.66. The first-order valence-corrected chi connectivity index (χ1v) is 12.4. The van der Waals surface area contributed by atoms with Gasteiger partial charge in [-0.05, 0) is 86.5 Å². The summed E-state index contributed by atoms with van der Waals surface area (Å²) >= 11 is 0. The maximum atomic E-state index is 12.6. The topological polar surface area (TPSA) is 101 Å². The molecule has 0 aliphatic carbocycles. The van der Waals surface area contributed by atoms with Gasteiger partial charge in [-0.25, -0.2) is 15.0 Å². The van der Waals surface area contributed by atoms with Crippen LogP contribution >= 0.6 is 0 Å². The molecule has 0 atom stereocenters. The highest BCUT2D eigenvalue weighted by Crippen LogP contribution is 2.22. The van der Waals surface area contributed by atoms with Crippen LogP contribution < -0.4 is 20.7 Å². The lowest BCUT2D eigenvalue weighted by Crippen LogP contribution is -2.11. The fourth-order valence-corrected chi connectivity index (χ4v) is 3.66. The molecule has 4 rings (SSSR count). The first kappa shape index (κ1) is 25.6. The van der Waals surface area contributed by atoms with Gasteiger partial charge in [0.15, 0.2) is 0 Å². The normalized spacial score (nSPS) is 10.6. The van der Waals surface area contributed by atoms with Gasteiger partial charge in [-0.2, -0.15) is 0 Å². The van der Waals surface area contributed by atoms with E-state index < -0.39 is 0 Å². The van der Waals surface area contributed by atoms with Crippen molar-refractivity contribution >= 4 is 34.7 Å². The molecule has 2 aromatic heterocycles. The largest absolute Gasteiger partial charge is 0.494 e. The second kappa shape index (κ2) is 12.5. The second-order valence-electron chi connectivity index (χ2n) is 8.77. The van der Waals surface area contributed by atoms with Crippen LogP contribution in [0.5, 0.6) is 5.75 Å². The van der Waals surface area contributed by atoms with Crippen LogP contribution in [0.1, 0.15) is 47.9 Å². The van der Waals surface area contributed by atoms with E-state index in [1.165, 1.54) is 0 Å². The highest BCUT2D eigenvalue weighted by Gasteiger charge is 2.08. The zero-order valence-electron chi connectivity index (χ0n) is 21.4. The van der Waals surface area contributed by atoms with Gasteiger partial charge in [0.1, 0.15) is 29.0 Å². The van der Waals surface area contributed by atoms with Gasteiger partial charge in [0.05, 0.1) is 6.61 Å². The number of amides is 1. The van der Waals surface area contributed by atoms with E-state index in [1.807, 2.05) is 68.4 Å². The van der Waals surface area contributed by atoms with Crippen LogP contribution in [0.3, 0.4) is 0 Å². The smallest absolute Gasteiger partial charge is 0.255 e. The number of nitrogens with one attached hydrogen (secondary N) is 3. The summed E-state index contributed by atoms with van der Waals surface area (Å²) in [7, 11) is 0. The zero-order chi connectivity index (χ0) is 26.0. The molecule has 0 saturated heterocycles. The molecule has 37 heavy (non-hydrogen) atoms. The van der Waals surface area contributed by atoms with Crippen molar-refractivity contribution < 1.29 is 9.53 Å². The van der Waals surface area contributed by atoms with E-state index >= 15 is 0 Å². The van der Waals surface area contributed by atoms with E-state index in [0.717, 1.165) is 42.1 Å². The van der Waals surface area contributed by atoms with Gasteiger partial charge in [0.2, 0.25) is 0 Å². The van der Waals surface area contributed by atoms with Gasteiger partial charge in [0.25, 0.3) is 5.91 Å². The molecule has 8 nitrogen and oxygen atoms in total. The average Bonchev–Trinajstić information content (AvgIpc) is 2.88. The molecule has 8 heteroatoms. The molecule has 0 fully saturated rings. The van der Waals surface area contributed by atoms with E-state index in [9.17, 15) is 4.79 Å². The van der Waals surface area contributed by atoms with Crippen LogP contribution in [0.4, 0.5) is 28.8 Å². The average molecular weight is 497 g/mol. The number of aromatic nitrogens is 3. The number of carbonyl (C=O) groups is 1. The van der Waals surface area contributed by atoms with E-state index in [4.69, 9.17) is 4.74 Å².